The fourth-order valence-corrected chi connectivity index (χ4v) is 2.68. The van der Waals surface area contributed by atoms with Crippen LogP contribution in [0.25, 0.3) is 0 Å². The molecule has 23 heavy (non-hydrogen) atoms. The van der Waals surface area contributed by atoms with Crippen molar-refractivity contribution >= 4 is 23.2 Å². The van der Waals surface area contributed by atoms with Gasteiger partial charge in [-0.15, -0.1) is 0 Å². The van der Waals surface area contributed by atoms with E-state index in [4.69, 9.17) is 0 Å². The third-order valence-corrected chi connectivity index (χ3v) is 4.08. The number of nitrogens with zero attached hydrogens (tertiary/aromatic N) is 1. The fourth-order valence-electron chi connectivity index (χ4n) is 2.68. The number of rotatable bonds is 3. The molecule has 1 heterocycles. The monoisotopic (exact) mass is 310 g/mol. The maximum Gasteiger partial charge on any atom is 0.256 e. The number of phenols is 1. The van der Waals surface area contributed by atoms with Crippen LogP contribution >= 0.6 is 0 Å². The lowest BCUT2D eigenvalue weighted by molar-refractivity contribution is -0.121. The molecule has 2 aromatic rings. The van der Waals surface area contributed by atoms with Crippen molar-refractivity contribution in [3.05, 3.63) is 53.6 Å². The van der Waals surface area contributed by atoms with Crippen LogP contribution in [-0.4, -0.2) is 23.0 Å². The van der Waals surface area contributed by atoms with Crippen molar-refractivity contribution in [2.75, 3.05) is 10.2 Å². The van der Waals surface area contributed by atoms with Gasteiger partial charge < -0.3 is 10.4 Å². The van der Waals surface area contributed by atoms with Gasteiger partial charge in [-0.25, -0.2) is 4.90 Å². The molecule has 0 bridgehead atoms. The zero-order valence-corrected chi connectivity index (χ0v) is 13.0. The third kappa shape index (κ3) is 2.90. The van der Waals surface area contributed by atoms with Crippen LogP contribution in [0.3, 0.4) is 0 Å². The number of phenolic OH excluding ortho intramolecular Hbond substituents is 1. The van der Waals surface area contributed by atoms with E-state index in [1.165, 1.54) is 17.7 Å². The molecule has 1 aliphatic rings. The SMILES string of the molecule is Cc1ccc(NC2CC(=O)N(c3cccc(O)c3)C2=O)cc1C. The molecule has 1 aliphatic heterocycles. The molecule has 2 aromatic carbocycles. The van der Waals surface area contributed by atoms with Crippen molar-refractivity contribution in [1.82, 2.24) is 0 Å². The summed E-state index contributed by atoms with van der Waals surface area (Å²) < 4.78 is 0. The second-order valence-electron chi connectivity index (χ2n) is 5.79. The Balaban J connectivity index is 1.82. The second-order valence-corrected chi connectivity index (χ2v) is 5.79. The maximum atomic E-state index is 12.5. The quantitative estimate of drug-likeness (QED) is 0.855. The van der Waals surface area contributed by atoms with E-state index in [1.807, 2.05) is 32.0 Å². The molecule has 0 spiro atoms. The molecule has 118 valence electrons. The molecule has 3 rings (SSSR count). The van der Waals surface area contributed by atoms with Crippen molar-refractivity contribution in [2.45, 2.75) is 26.3 Å². The number of hydrogen-bond acceptors (Lipinski definition) is 4. The lowest BCUT2D eigenvalue weighted by Gasteiger charge is -2.16. The van der Waals surface area contributed by atoms with E-state index < -0.39 is 6.04 Å². The first-order valence-corrected chi connectivity index (χ1v) is 7.45. The van der Waals surface area contributed by atoms with E-state index in [0.29, 0.717) is 5.69 Å². The first-order chi connectivity index (χ1) is 11.0. The highest BCUT2D eigenvalue weighted by Gasteiger charge is 2.39. The van der Waals surface area contributed by atoms with E-state index in [0.717, 1.165) is 16.2 Å². The molecule has 0 aromatic heterocycles. The zero-order chi connectivity index (χ0) is 16.6. The lowest BCUT2D eigenvalue weighted by atomic mass is 10.1. The number of aryl methyl sites for hydroxylation is 2. The minimum atomic E-state index is -0.591. The van der Waals surface area contributed by atoms with Crippen molar-refractivity contribution < 1.29 is 14.7 Å². The lowest BCUT2D eigenvalue weighted by Crippen LogP contribution is -2.34. The van der Waals surface area contributed by atoms with Gasteiger partial charge in [0.1, 0.15) is 11.8 Å². The molecule has 1 saturated heterocycles. The van der Waals surface area contributed by atoms with Gasteiger partial charge in [-0.05, 0) is 49.2 Å². The van der Waals surface area contributed by atoms with Crippen LogP contribution in [0.4, 0.5) is 11.4 Å². The van der Waals surface area contributed by atoms with Gasteiger partial charge >= 0.3 is 0 Å². The van der Waals surface area contributed by atoms with Crippen LogP contribution in [0.15, 0.2) is 42.5 Å². The van der Waals surface area contributed by atoms with Gasteiger partial charge in [0.05, 0.1) is 12.1 Å². The number of amides is 2. The normalized spacial score (nSPS) is 17.7. The smallest absolute Gasteiger partial charge is 0.256 e. The summed E-state index contributed by atoms with van der Waals surface area (Å²) in [6, 6.07) is 11.4. The molecule has 1 fully saturated rings. The number of hydrogen-bond donors (Lipinski definition) is 2. The highest BCUT2D eigenvalue weighted by Crippen LogP contribution is 2.27. The largest absolute Gasteiger partial charge is 0.508 e. The molecule has 1 unspecified atom stereocenters. The zero-order valence-electron chi connectivity index (χ0n) is 13.0. The molecule has 5 nitrogen and oxygen atoms in total. The maximum absolute atomic E-state index is 12.5. The molecule has 2 amide bonds. The minimum Gasteiger partial charge on any atom is -0.508 e. The average molecular weight is 310 g/mol. The fraction of sp³-hybridized carbons (Fsp3) is 0.222. The van der Waals surface area contributed by atoms with Crippen LogP contribution in [0.2, 0.25) is 0 Å². The molecule has 5 heteroatoms. The van der Waals surface area contributed by atoms with E-state index >= 15 is 0 Å². The van der Waals surface area contributed by atoms with Crippen LogP contribution in [0, 0.1) is 13.8 Å². The summed E-state index contributed by atoms with van der Waals surface area (Å²) in [5, 5.41) is 12.7. The molecular weight excluding hydrogens is 292 g/mol. The molecule has 2 N–H and O–H groups in total. The minimum absolute atomic E-state index is 0.0219. The second kappa shape index (κ2) is 5.76. The van der Waals surface area contributed by atoms with Crippen molar-refractivity contribution in [3.63, 3.8) is 0 Å². The highest BCUT2D eigenvalue weighted by atomic mass is 16.3. The Bertz CT molecular complexity index is 786. The predicted octanol–water partition coefficient (Wildman–Crippen LogP) is 2.75. The summed E-state index contributed by atoms with van der Waals surface area (Å²) in [5.74, 6) is -0.561. The molecule has 0 aliphatic carbocycles. The standard InChI is InChI=1S/C18H18N2O3/c1-11-6-7-13(8-12(11)2)19-16-10-17(22)20(18(16)23)14-4-3-5-15(21)9-14/h3-9,16,19,21H,10H2,1-2H3. The van der Waals surface area contributed by atoms with Crippen LogP contribution in [0.5, 0.6) is 5.75 Å². The molecule has 0 radical (unpaired) electrons. The van der Waals surface area contributed by atoms with E-state index in [9.17, 15) is 14.7 Å². The Morgan fingerprint density at radius 2 is 1.87 bits per heavy atom. The van der Waals surface area contributed by atoms with E-state index in [2.05, 4.69) is 5.32 Å². The molecule has 0 saturated carbocycles. The van der Waals surface area contributed by atoms with Gasteiger partial charge in [0.2, 0.25) is 5.91 Å². The number of imide groups is 1. The Kier molecular flexibility index (Phi) is 3.78. The van der Waals surface area contributed by atoms with Crippen LogP contribution in [-0.2, 0) is 9.59 Å². The summed E-state index contributed by atoms with van der Waals surface area (Å²) in [5.41, 5.74) is 3.50. The van der Waals surface area contributed by atoms with Gasteiger partial charge in [-0.1, -0.05) is 12.1 Å². The first kappa shape index (κ1) is 15.1. The molecular formula is C18H18N2O3. The topological polar surface area (TPSA) is 69.6 Å². The van der Waals surface area contributed by atoms with Gasteiger partial charge in [-0.2, -0.15) is 0 Å². The van der Waals surface area contributed by atoms with Crippen molar-refractivity contribution in [2.24, 2.45) is 0 Å². The van der Waals surface area contributed by atoms with Gasteiger partial charge in [0.25, 0.3) is 5.91 Å². The number of carbonyl (C=O) groups excluding carboxylic acids is 2. The van der Waals surface area contributed by atoms with Gasteiger partial charge in [0.15, 0.2) is 0 Å². The predicted molar refractivity (Wildman–Crippen MR) is 88.5 cm³/mol. The summed E-state index contributed by atoms with van der Waals surface area (Å²) in [6.07, 6.45) is 0.0986. The first-order valence-electron chi connectivity index (χ1n) is 7.45. The Morgan fingerprint density at radius 3 is 2.57 bits per heavy atom. The highest BCUT2D eigenvalue weighted by molar-refractivity contribution is 6.23. The Morgan fingerprint density at radius 1 is 1.09 bits per heavy atom. The van der Waals surface area contributed by atoms with Crippen LogP contribution < -0.4 is 10.2 Å². The van der Waals surface area contributed by atoms with Crippen LogP contribution in [0.1, 0.15) is 17.5 Å². The Hall–Kier alpha value is -2.82. The van der Waals surface area contributed by atoms with E-state index in [-0.39, 0.29) is 24.0 Å². The summed E-state index contributed by atoms with van der Waals surface area (Å²) >= 11 is 0. The average Bonchev–Trinajstić information content (AvgIpc) is 2.77. The number of aromatic hydroxyl groups is 1. The van der Waals surface area contributed by atoms with Gasteiger partial charge in [-0.3, -0.25) is 9.59 Å². The Labute approximate surface area is 134 Å². The van der Waals surface area contributed by atoms with Crippen molar-refractivity contribution in [1.29, 1.82) is 0 Å². The number of anilines is 2. The van der Waals surface area contributed by atoms with Gasteiger partial charge in [0, 0.05) is 11.8 Å². The van der Waals surface area contributed by atoms with Crippen molar-refractivity contribution in [3.8, 4) is 5.75 Å². The number of benzene rings is 2. The number of nitrogens with one attached hydrogen (secondary N) is 1. The summed E-state index contributed by atoms with van der Waals surface area (Å²) in [4.78, 5) is 25.9. The summed E-state index contributed by atoms with van der Waals surface area (Å²) in [6.45, 7) is 4.02. The van der Waals surface area contributed by atoms with E-state index in [1.54, 1.807) is 12.1 Å². The third-order valence-electron chi connectivity index (χ3n) is 4.08. The molecule has 1 atom stereocenters. The number of carbonyl (C=O) groups is 2. The summed E-state index contributed by atoms with van der Waals surface area (Å²) in [7, 11) is 0.